The Labute approximate surface area is 175 Å². The fourth-order valence-corrected chi connectivity index (χ4v) is 3.20. The third kappa shape index (κ3) is 8.81. The minimum Gasteiger partial charge on any atom is -0.491 e. The number of nitrogens with one attached hydrogen (secondary N) is 1. The van der Waals surface area contributed by atoms with Gasteiger partial charge in [-0.2, -0.15) is 0 Å². The second kappa shape index (κ2) is 13.1. The van der Waals surface area contributed by atoms with Crippen molar-refractivity contribution in [2.24, 2.45) is 0 Å². The molecular weight excluding hydrogens is 366 g/mol. The number of ether oxygens (including phenoxy) is 1. The van der Waals surface area contributed by atoms with Crippen LogP contribution in [0.25, 0.3) is 0 Å². The van der Waals surface area contributed by atoms with Crippen LogP contribution in [0.4, 0.5) is 5.69 Å². The number of aliphatic hydroxyl groups excluding tert-OH is 1. The van der Waals surface area contributed by atoms with Crippen LogP contribution in [0, 0.1) is 13.8 Å². The van der Waals surface area contributed by atoms with Gasteiger partial charge in [-0.3, -0.25) is 0 Å². The summed E-state index contributed by atoms with van der Waals surface area (Å²) in [6.07, 6.45) is 5.89. The lowest BCUT2D eigenvalue weighted by Gasteiger charge is -2.26. The van der Waals surface area contributed by atoms with E-state index in [9.17, 15) is 5.11 Å². The summed E-state index contributed by atoms with van der Waals surface area (Å²) in [5.74, 6) is 0.917. The molecule has 1 atom stereocenters. The molecule has 1 unspecified atom stereocenters. The standard InChI is InChI=1S/C22H35N3O2.CH2O/c1-17-9-6-7-12-21(17)27-16-20(26)15-24(4)13-14-25(5)23-22-18(2)10-8-11-19(22)3;1-2/h8-12,20,23,26H,6-7,13-16H2,1-5H3;1H2. The summed E-state index contributed by atoms with van der Waals surface area (Å²) in [6.45, 7) is 10.9. The van der Waals surface area contributed by atoms with Gasteiger partial charge in [0, 0.05) is 26.7 Å². The average Bonchev–Trinajstić information content (AvgIpc) is 2.70. The smallest absolute Gasteiger partial charge is 0.118 e. The van der Waals surface area contributed by atoms with E-state index >= 15 is 0 Å². The summed E-state index contributed by atoms with van der Waals surface area (Å²) in [7, 11) is 4.07. The van der Waals surface area contributed by atoms with E-state index in [1.807, 2.05) is 20.9 Å². The Morgan fingerprint density at radius 1 is 1.10 bits per heavy atom. The fraction of sp³-hybridized carbons (Fsp3) is 0.522. The zero-order valence-electron chi connectivity index (χ0n) is 18.6. The van der Waals surface area contributed by atoms with E-state index in [1.54, 1.807) is 0 Å². The van der Waals surface area contributed by atoms with Gasteiger partial charge in [0.25, 0.3) is 0 Å². The third-order valence-corrected chi connectivity index (χ3v) is 4.89. The minimum atomic E-state index is -0.498. The lowest BCUT2D eigenvalue weighted by atomic mass is 10.1. The van der Waals surface area contributed by atoms with Crippen LogP contribution in [-0.4, -0.2) is 68.2 Å². The van der Waals surface area contributed by atoms with E-state index in [2.05, 4.69) is 66.5 Å². The maximum Gasteiger partial charge on any atom is 0.118 e. The molecule has 2 N–H and O–H groups in total. The number of carbonyl (C=O) groups excluding carboxylic acids is 1. The van der Waals surface area contributed by atoms with Crippen molar-refractivity contribution in [2.75, 3.05) is 45.8 Å². The summed E-state index contributed by atoms with van der Waals surface area (Å²) in [5, 5.41) is 12.4. The van der Waals surface area contributed by atoms with Crippen molar-refractivity contribution in [2.45, 2.75) is 39.7 Å². The summed E-state index contributed by atoms with van der Waals surface area (Å²) in [6, 6.07) is 6.31. The molecule has 0 saturated heterocycles. The van der Waals surface area contributed by atoms with E-state index < -0.39 is 6.10 Å². The number of para-hydroxylation sites is 1. The summed E-state index contributed by atoms with van der Waals surface area (Å²) < 4.78 is 5.78. The van der Waals surface area contributed by atoms with E-state index in [0.717, 1.165) is 31.7 Å². The number of anilines is 1. The molecule has 0 saturated carbocycles. The van der Waals surface area contributed by atoms with Crippen LogP contribution >= 0.6 is 0 Å². The molecule has 0 heterocycles. The molecule has 0 spiro atoms. The predicted octanol–water partition coefficient (Wildman–Crippen LogP) is 3.31. The highest BCUT2D eigenvalue weighted by atomic mass is 16.5. The second-order valence-corrected chi connectivity index (χ2v) is 7.56. The number of carbonyl (C=O) groups is 1. The van der Waals surface area contributed by atoms with E-state index in [4.69, 9.17) is 9.53 Å². The lowest BCUT2D eigenvalue weighted by Crippen LogP contribution is -2.38. The zero-order chi connectivity index (χ0) is 21.8. The Kier molecular flexibility index (Phi) is 11.3. The van der Waals surface area contributed by atoms with Crippen molar-refractivity contribution >= 4 is 12.5 Å². The number of likely N-dealkylation sites (N-methyl/N-ethyl adjacent to an activating group) is 2. The molecule has 6 nitrogen and oxygen atoms in total. The molecule has 0 aliphatic heterocycles. The molecule has 162 valence electrons. The van der Waals surface area contributed by atoms with Gasteiger partial charge in [0.05, 0.1) is 5.69 Å². The number of rotatable bonds is 10. The van der Waals surface area contributed by atoms with Gasteiger partial charge in [-0.15, -0.1) is 0 Å². The van der Waals surface area contributed by atoms with Gasteiger partial charge in [-0.1, -0.05) is 24.3 Å². The Hall–Kier alpha value is -2.15. The lowest BCUT2D eigenvalue weighted by molar-refractivity contribution is -0.0979. The van der Waals surface area contributed by atoms with E-state index in [-0.39, 0.29) is 0 Å². The molecule has 1 aliphatic carbocycles. The topological polar surface area (TPSA) is 65.0 Å². The quantitative estimate of drug-likeness (QED) is 0.585. The highest BCUT2D eigenvalue weighted by Crippen LogP contribution is 2.20. The van der Waals surface area contributed by atoms with Gasteiger partial charge >= 0.3 is 0 Å². The number of benzene rings is 1. The Balaban J connectivity index is 0.00000204. The molecule has 6 heteroatoms. The first-order valence-corrected chi connectivity index (χ1v) is 10.1. The molecule has 0 amide bonds. The van der Waals surface area contributed by atoms with Crippen molar-refractivity contribution < 1.29 is 14.6 Å². The molecular formula is C23H37N3O3. The van der Waals surface area contributed by atoms with Crippen molar-refractivity contribution in [3.63, 3.8) is 0 Å². The molecule has 29 heavy (non-hydrogen) atoms. The van der Waals surface area contributed by atoms with Gasteiger partial charge in [-0.25, -0.2) is 5.01 Å². The summed E-state index contributed by atoms with van der Waals surface area (Å²) >= 11 is 0. The van der Waals surface area contributed by atoms with Gasteiger partial charge in [0.2, 0.25) is 0 Å². The number of allylic oxidation sites excluding steroid dienone is 3. The molecule has 1 aromatic carbocycles. The summed E-state index contributed by atoms with van der Waals surface area (Å²) in [4.78, 5) is 10.1. The van der Waals surface area contributed by atoms with Gasteiger partial charge < -0.3 is 25.0 Å². The average molecular weight is 404 g/mol. The van der Waals surface area contributed by atoms with Crippen LogP contribution in [0.2, 0.25) is 0 Å². The first-order valence-electron chi connectivity index (χ1n) is 10.1. The van der Waals surface area contributed by atoms with Crippen LogP contribution in [0.5, 0.6) is 0 Å². The largest absolute Gasteiger partial charge is 0.491 e. The van der Waals surface area contributed by atoms with Crippen LogP contribution in [0.1, 0.15) is 30.9 Å². The molecule has 1 aliphatic rings. The molecule has 0 aromatic heterocycles. The van der Waals surface area contributed by atoms with Crippen molar-refractivity contribution in [3.05, 3.63) is 52.8 Å². The van der Waals surface area contributed by atoms with E-state index in [1.165, 1.54) is 22.4 Å². The van der Waals surface area contributed by atoms with Crippen LogP contribution in [0.15, 0.2) is 41.7 Å². The monoisotopic (exact) mass is 403 g/mol. The molecule has 0 radical (unpaired) electrons. The van der Waals surface area contributed by atoms with E-state index in [0.29, 0.717) is 13.2 Å². The normalized spacial score (nSPS) is 14.6. The molecule has 0 bridgehead atoms. The predicted molar refractivity (Wildman–Crippen MR) is 120 cm³/mol. The molecule has 1 aromatic rings. The Morgan fingerprint density at radius 3 is 2.34 bits per heavy atom. The highest BCUT2D eigenvalue weighted by molar-refractivity contribution is 5.55. The van der Waals surface area contributed by atoms with Crippen LogP contribution in [0.3, 0.4) is 0 Å². The second-order valence-electron chi connectivity index (χ2n) is 7.56. The maximum absolute atomic E-state index is 10.3. The number of hydrogen-bond donors (Lipinski definition) is 2. The number of aliphatic hydroxyl groups is 1. The number of hydrazine groups is 1. The molecule has 0 fully saturated rings. The Morgan fingerprint density at radius 2 is 1.72 bits per heavy atom. The summed E-state index contributed by atoms with van der Waals surface area (Å²) in [5.41, 5.74) is 8.28. The zero-order valence-corrected chi connectivity index (χ0v) is 18.6. The SMILES string of the molecule is C=O.CC1=CCCC=C1OCC(O)CN(C)CCN(C)Nc1c(C)cccc1C. The van der Waals surface area contributed by atoms with Crippen LogP contribution < -0.4 is 5.43 Å². The number of nitrogens with zero attached hydrogens (tertiary/aromatic N) is 2. The molecule has 2 rings (SSSR count). The van der Waals surface area contributed by atoms with Gasteiger partial charge in [0.15, 0.2) is 0 Å². The van der Waals surface area contributed by atoms with Crippen molar-refractivity contribution in [1.29, 1.82) is 0 Å². The Bertz CT molecular complexity index is 668. The highest BCUT2D eigenvalue weighted by Gasteiger charge is 2.13. The van der Waals surface area contributed by atoms with Crippen molar-refractivity contribution in [3.8, 4) is 0 Å². The first-order chi connectivity index (χ1) is 13.9. The maximum atomic E-state index is 10.3. The van der Waals surface area contributed by atoms with Gasteiger partial charge in [0.1, 0.15) is 25.3 Å². The number of aryl methyl sites for hydroxylation is 2. The number of hydrogen-bond acceptors (Lipinski definition) is 6. The van der Waals surface area contributed by atoms with Crippen molar-refractivity contribution in [1.82, 2.24) is 9.91 Å². The first kappa shape index (κ1) is 24.9. The van der Waals surface area contributed by atoms with Crippen LogP contribution in [-0.2, 0) is 9.53 Å². The fourth-order valence-electron chi connectivity index (χ4n) is 3.20. The minimum absolute atomic E-state index is 0.331. The van der Waals surface area contributed by atoms with Gasteiger partial charge in [-0.05, 0) is 63.4 Å². The third-order valence-electron chi connectivity index (χ3n) is 4.89.